The zero-order valence-corrected chi connectivity index (χ0v) is 12.3. The van der Waals surface area contributed by atoms with Gasteiger partial charge in [0.15, 0.2) is 9.84 Å². The Morgan fingerprint density at radius 3 is 2.21 bits per heavy atom. The second-order valence-electron chi connectivity index (χ2n) is 5.15. The molecule has 1 amide bonds. The molecule has 106 valence electrons. The summed E-state index contributed by atoms with van der Waals surface area (Å²) in [6, 6.07) is 7.97. The van der Waals surface area contributed by atoms with Gasteiger partial charge in [-0.25, -0.2) is 13.2 Å². The molecular formula is C13H19NO4S. The minimum absolute atomic E-state index is 0.165. The van der Waals surface area contributed by atoms with Crippen LogP contribution in [0.5, 0.6) is 0 Å². The maximum Gasteiger partial charge on any atom is 0.408 e. The lowest BCUT2D eigenvalue weighted by molar-refractivity contribution is 0.0523. The Morgan fingerprint density at radius 1 is 1.21 bits per heavy atom. The van der Waals surface area contributed by atoms with E-state index < -0.39 is 26.9 Å². The maximum absolute atomic E-state index is 12.2. The number of sulfone groups is 1. The van der Waals surface area contributed by atoms with Crippen LogP contribution in [0.3, 0.4) is 0 Å². The van der Waals surface area contributed by atoms with Crippen LogP contribution < -0.4 is 5.32 Å². The second-order valence-corrected chi connectivity index (χ2v) is 7.42. The largest absolute Gasteiger partial charge is 0.444 e. The first-order valence-corrected chi connectivity index (χ1v) is 7.46. The molecule has 0 heterocycles. The first-order chi connectivity index (χ1) is 8.63. The molecule has 0 radical (unpaired) electrons. The summed E-state index contributed by atoms with van der Waals surface area (Å²) in [5.74, 6) is 0. The highest BCUT2D eigenvalue weighted by atomic mass is 32.2. The van der Waals surface area contributed by atoms with Gasteiger partial charge in [0.2, 0.25) is 0 Å². The Morgan fingerprint density at radius 2 is 1.74 bits per heavy atom. The molecule has 5 nitrogen and oxygen atoms in total. The van der Waals surface area contributed by atoms with E-state index in [1.807, 2.05) is 0 Å². The monoisotopic (exact) mass is 285 g/mol. The fraction of sp³-hybridized carbons (Fsp3) is 0.462. The highest BCUT2D eigenvalue weighted by molar-refractivity contribution is 7.92. The van der Waals surface area contributed by atoms with Crippen molar-refractivity contribution in [2.24, 2.45) is 0 Å². The van der Waals surface area contributed by atoms with Crippen molar-refractivity contribution in [3.63, 3.8) is 0 Å². The first kappa shape index (κ1) is 15.5. The van der Waals surface area contributed by atoms with Gasteiger partial charge in [-0.3, -0.25) is 0 Å². The van der Waals surface area contributed by atoms with E-state index in [0.29, 0.717) is 0 Å². The number of benzene rings is 1. The molecule has 1 unspecified atom stereocenters. The zero-order chi connectivity index (χ0) is 14.7. The number of ether oxygens (including phenoxy) is 1. The summed E-state index contributed by atoms with van der Waals surface area (Å²) in [4.78, 5) is 11.7. The third-order valence-corrected chi connectivity index (χ3v) is 4.24. The lowest BCUT2D eigenvalue weighted by Gasteiger charge is -2.22. The van der Waals surface area contributed by atoms with E-state index >= 15 is 0 Å². The number of carbonyl (C=O) groups is 1. The lowest BCUT2D eigenvalue weighted by atomic mass is 10.2. The van der Waals surface area contributed by atoms with Crippen LogP contribution >= 0.6 is 0 Å². The average molecular weight is 285 g/mol. The van der Waals surface area contributed by atoms with Crippen LogP contribution in [0.4, 0.5) is 4.79 Å². The number of nitrogens with one attached hydrogen (secondary N) is 1. The molecule has 0 bridgehead atoms. The normalized spacial score (nSPS) is 13.7. The molecular weight excluding hydrogens is 266 g/mol. The highest BCUT2D eigenvalue weighted by Gasteiger charge is 2.26. The van der Waals surface area contributed by atoms with Gasteiger partial charge in [0.05, 0.1) is 4.90 Å². The molecule has 6 heteroatoms. The molecule has 0 aliphatic heterocycles. The van der Waals surface area contributed by atoms with Crippen LogP contribution in [0.25, 0.3) is 0 Å². The van der Waals surface area contributed by atoms with Crippen LogP contribution in [-0.4, -0.2) is 25.5 Å². The Bertz CT molecular complexity index is 532. The van der Waals surface area contributed by atoms with Crippen LogP contribution in [0.15, 0.2) is 35.2 Å². The fourth-order valence-electron chi connectivity index (χ4n) is 1.37. The summed E-state index contributed by atoms with van der Waals surface area (Å²) < 4.78 is 29.4. The molecule has 0 aliphatic rings. The molecule has 1 aromatic carbocycles. The third-order valence-electron chi connectivity index (χ3n) is 2.26. The van der Waals surface area contributed by atoms with Gasteiger partial charge in [-0.05, 0) is 39.8 Å². The first-order valence-electron chi connectivity index (χ1n) is 5.91. The standard InChI is InChI=1S/C13H19NO4S/c1-10(14-12(15)18-13(2,3)4)19(16,17)11-8-6-5-7-9-11/h5-10H,1-4H3,(H,14,15). The minimum Gasteiger partial charge on any atom is -0.444 e. The molecule has 0 saturated heterocycles. The summed E-state index contributed by atoms with van der Waals surface area (Å²) in [5.41, 5.74) is -0.666. The van der Waals surface area contributed by atoms with Crippen molar-refractivity contribution in [1.82, 2.24) is 5.32 Å². The van der Waals surface area contributed by atoms with E-state index in [1.54, 1.807) is 39.0 Å². The zero-order valence-electron chi connectivity index (χ0n) is 11.5. The van der Waals surface area contributed by atoms with Crippen LogP contribution in [-0.2, 0) is 14.6 Å². The van der Waals surface area contributed by atoms with Gasteiger partial charge in [0.1, 0.15) is 11.0 Å². The van der Waals surface area contributed by atoms with Crippen molar-refractivity contribution in [2.45, 2.75) is 43.6 Å². The molecule has 0 aromatic heterocycles. The fourth-order valence-corrected chi connectivity index (χ4v) is 2.56. The summed E-state index contributed by atoms with van der Waals surface area (Å²) >= 11 is 0. The number of carbonyl (C=O) groups excluding carboxylic acids is 1. The van der Waals surface area contributed by atoms with Crippen molar-refractivity contribution in [3.8, 4) is 0 Å². The molecule has 1 aromatic rings. The van der Waals surface area contributed by atoms with E-state index in [4.69, 9.17) is 4.74 Å². The topological polar surface area (TPSA) is 72.5 Å². The highest BCUT2D eigenvalue weighted by Crippen LogP contribution is 2.14. The average Bonchev–Trinajstić information content (AvgIpc) is 2.27. The van der Waals surface area contributed by atoms with Gasteiger partial charge in [-0.2, -0.15) is 0 Å². The quantitative estimate of drug-likeness (QED) is 0.925. The van der Waals surface area contributed by atoms with Gasteiger partial charge in [0.25, 0.3) is 0 Å². The maximum atomic E-state index is 12.2. The van der Waals surface area contributed by atoms with Crippen molar-refractivity contribution in [3.05, 3.63) is 30.3 Å². The van der Waals surface area contributed by atoms with Crippen molar-refractivity contribution >= 4 is 15.9 Å². The summed E-state index contributed by atoms with van der Waals surface area (Å²) in [6.45, 7) is 6.54. The molecule has 0 spiro atoms. The molecule has 19 heavy (non-hydrogen) atoms. The second kappa shape index (κ2) is 5.61. The third kappa shape index (κ3) is 4.55. The number of rotatable bonds is 3. The van der Waals surface area contributed by atoms with Crippen molar-refractivity contribution in [1.29, 1.82) is 0 Å². The lowest BCUT2D eigenvalue weighted by Crippen LogP contribution is -2.41. The van der Waals surface area contributed by atoms with E-state index in [1.165, 1.54) is 19.1 Å². The molecule has 1 rings (SSSR count). The molecule has 1 N–H and O–H groups in total. The van der Waals surface area contributed by atoms with Crippen molar-refractivity contribution in [2.75, 3.05) is 0 Å². The Balaban J connectivity index is 2.79. The Labute approximate surface area is 113 Å². The van der Waals surface area contributed by atoms with Crippen LogP contribution in [0.1, 0.15) is 27.7 Å². The van der Waals surface area contributed by atoms with Gasteiger partial charge in [-0.15, -0.1) is 0 Å². The number of alkyl carbamates (subject to hydrolysis) is 1. The van der Waals surface area contributed by atoms with E-state index in [-0.39, 0.29) is 4.90 Å². The summed E-state index contributed by atoms with van der Waals surface area (Å²) in [5, 5.41) is 1.27. The smallest absolute Gasteiger partial charge is 0.408 e. The van der Waals surface area contributed by atoms with E-state index in [2.05, 4.69) is 5.32 Å². The van der Waals surface area contributed by atoms with Gasteiger partial charge < -0.3 is 10.1 Å². The predicted molar refractivity (Wildman–Crippen MR) is 72.5 cm³/mol. The van der Waals surface area contributed by atoms with Crippen molar-refractivity contribution < 1.29 is 17.9 Å². The minimum atomic E-state index is -3.60. The summed E-state index contributed by atoms with van der Waals surface area (Å²) in [7, 11) is -3.60. The number of hydrogen-bond acceptors (Lipinski definition) is 4. The molecule has 0 fully saturated rings. The molecule has 1 atom stereocenters. The number of amides is 1. The summed E-state index contributed by atoms with van der Waals surface area (Å²) in [6.07, 6.45) is -0.750. The SMILES string of the molecule is CC(NC(=O)OC(C)(C)C)S(=O)(=O)c1ccccc1. The number of hydrogen-bond donors (Lipinski definition) is 1. The van der Waals surface area contributed by atoms with Gasteiger partial charge in [0, 0.05) is 0 Å². The Kier molecular flexibility index (Phi) is 4.57. The van der Waals surface area contributed by atoms with E-state index in [0.717, 1.165) is 0 Å². The predicted octanol–water partition coefficient (Wildman–Crippen LogP) is 2.33. The molecule has 0 aliphatic carbocycles. The van der Waals surface area contributed by atoms with Crippen LogP contribution in [0.2, 0.25) is 0 Å². The molecule has 0 saturated carbocycles. The van der Waals surface area contributed by atoms with E-state index in [9.17, 15) is 13.2 Å². The Hall–Kier alpha value is -1.56. The van der Waals surface area contributed by atoms with Crippen LogP contribution in [0, 0.1) is 0 Å². The van der Waals surface area contributed by atoms with Gasteiger partial charge in [-0.1, -0.05) is 18.2 Å². The van der Waals surface area contributed by atoms with Gasteiger partial charge >= 0.3 is 6.09 Å².